The van der Waals surface area contributed by atoms with E-state index in [1.54, 1.807) is 59.8 Å². The Morgan fingerprint density at radius 3 is 1.88 bits per heavy atom. The fourth-order valence-corrected chi connectivity index (χ4v) is 4.23. The van der Waals surface area contributed by atoms with Gasteiger partial charge < -0.3 is 11.5 Å². The van der Waals surface area contributed by atoms with Crippen molar-refractivity contribution in [2.45, 2.75) is 26.2 Å². The molecule has 34 heavy (non-hydrogen) atoms. The van der Waals surface area contributed by atoms with Gasteiger partial charge in [0.25, 0.3) is 11.5 Å². The molecule has 1 aliphatic rings. The molecular weight excluding hydrogens is 446 g/mol. The van der Waals surface area contributed by atoms with E-state index in [1.165, 1.54) is 41.2 Å². The van der Waals surface area contributed by atoms with Crippen molar-refractivity contribution in [3.05, 3.63) is 122 Å². The quantitative estimate of drug-likeness (QED) is 0.464. The number of primary amides is 2. The van der Waals surface area contributed by atoms with Gasteiger partial charge in [-0.15, -0.1) is 11.3 Å². The summed E-state index contributed by atoms with van der Waals surface area (Å²) in [5, 5.41) is 0. The van der Waals surface area contributed by atoms with Crippen LogP contribution in [0.4, 0.5) is 0 Å². The lowest BCUT2D eigenvalue weighted by Gasteiger charge is -2.04. The molecule has 0 atom stereocenters. The van der Waals surface area contributed by atoms with Gasteiger partial charge in [0.05, 0.1) is 4.88 Å². The van der Waals surface area contributed by atoms with Gasteiger partial charge in [-0.2, -0.15) is 0 Å². The van der Waals surface area contributed by atoms with E-state index >= 15 is 0 Å². The Morgan fingerprint density at radius 2 is 1.41 bits per heavy atom. The molecule has 0 aliphatic heterocycles. The number of hydrogen-bond acceptors (Lipinski definition) is 4. The minimum absolute atomic E-state index is 0.116. The number of aryl methyl sites for hydroxylation is 3. The van der Waals surface area contributed by atoms with Crippen molar-refractivity contribution in [2.75, 3.05) is 0 Å². The van der Waals surface area contributed by atoms with Crippen molar-refractivity contribution < 1.29 is 9.59 Å². The molecule has 0 saturated heterocycles. The predicted molar refractivity (Wildman–Crippen MR) is 137 cm³/mol. The molecule has 2 heterocycles. The number of thiophene rings is 1. The van der Waals surface area contributed by atoms with Crippen LogP contribution in [0.3, 0.4) is 0 Å². The van der Waals surface area contributed by atoms with E-state index in [-0.39, 0.29) is 11.5 Å². The van der Waals surface area contributed by atoms with Gasteiger partial charge in [-0.1, -0.05) is 30.3 Å². The van der Waals surface area contributed by atoms with E-state index in [1.807, 2.05) is 13.0 Å². The topological polar surface area (TPSA) is 108 Å². The summed E-state index contributed by atoms with van der Waals surface area (Å²) in [6.45, 7) is 1.94. The van der Waals surface area contributed by atoms with E-state index in [0.29, 0.717) is 16.1 Å². The Balaban J connectivity index is 0.000000153. The Hall–Kier alpha value is -3.97. The van der Waals surface area contributed by atoms with Crippen molar-refractivity contribution in [3.8, 4) is 5.69 Å². The number of pyridine rings is 1. The number of aromatic nitrogens is 1. The third-order valence-electron chi connectivity index (χ3n) is 5.25. The average molecular weight is 474 g/mol. The number of nitrogens with zero attached hydrogens (tertiary/aromatic N) is 1. The predicted octanol–water partition coefficient (Wildman–Crippen LogP) is 4.27. The van der Waals surface area contributed by atoms with Crippen molar-refractivity contribution in [1.29, 1.82) is 0 Å². The third-order valence-corrected chi connectivity index (χ3v) is 6.26. The van der Waals surface area contributed by atoms with Crippen molar-refractivity contribution >= 4 is 23.2 Å². The van der Waals surface area contributed by atoms with Gasteiger partial charge in [-0.05, 0) is 79.8 Å². The molecule has 0 radical (unpaired) electrons. The standard InChI is InChI=1S/C12H10N2O2.C9H10.C6H7NOS/c13-12(16)9-4-6-10(7-5-9)14-8-2-1-3-11(14)15;1-2-5-9-7-3-6-8(9)4-1;1-4-2-3-5(9-4)6(7)8/h1-8H,(H2,13,16);1-2,4-5H,3,6-7H2;2-3H,1H3,(H2,7,8). The molecule has 0 fully saturated rings. The SMILES string of the molecule is Cc1ccc(C(N)=O)s1.NC(=O)c1ccc(-n2ccccc2=O)cc1.c1ccc2c(c1)CCC2. The number of benzene rings is 2. The maximum atomic E-state index is 11.5. The lowest BCUT2D eigenvalue weighted by Crippen LogP contribution is -2.16. The maximum Gasteiger partial charge on any atom is 0.258 e. The molecule has 0 bridgehead atoms. The summed E-state index contributed by atoms with van der Waals surface area (Å²) in [7, 11) is 0. The zero-order chi connectivity index (χ0) is 24.5. The molecule has 6 nitrogen and oxygen atoms in total. The molecule has 0 unspecified atom stereocenters. The Kier molecular flexibility index (Phi) is 8.54. The molecule has 4 aromatic rings. The Labute approximate surface area is 202 Å². The van der Waals surface area contributed by atoms with Gasteiger partial charge in [0.2, 0.25) is 5.91 Å². The van der Waals surface area contributed by atoms with Crippen LogP contribution < -0.4 is 17.0 Å². The number of amides is 2. The largest absolute Gasteiger partial charge is 0.366 e. The van der Waals surface area contributed by atoms with E-state index in [9.17, 15) is 14.4 Å². The Bertz CT molecular complexity index is 1300. The highest BCUT2D eigenvalue weighted by atomic mass is 32.1. The van der Waals surface area contributed by atoms with Crippen LogP contribution in [-0.2, 0) is 12.8 Å². The first-order valence-electron chi connectivity index (χ1n) is 10.9. The molecule has 4 N–H and O–H groups in total. The summed E-state index contributed by atoms with van der Waals surface area (Å²) >= 11 is 1.42. The second kappa shape index (κ2) is 11.8. The second-order valence-electron chi connectivity index (χ2n) is 7.72. The fourth-order valence-electron chi connectivity index (χ4n) is 3.51. The third kappa shape index (κ3) is 6.76. The summed E-state index contributed by atoms with van der Waals surface area (Å²) in [5.41, 5.74) is 14.3. The zero-order valence-electron chi connectivity index (χ0n) is 18.9. The lowest BCUT2D eigenvalue weighted by atomic mass is 10.1. The van der Waals surface area contributed by atoms with Crippen LogP contribution in [-0.4, -0.2) is 16.4 Å². The van der Waals surface area contributed by atoms with Crippen LogP contribution in [0.25, 0.3) is 5.69 Å². The lowest BCUT2D eigenvalue weighted by molar-refractivity contribution is 0.0993. The molecule has 1 aliphatic carbocycles. The molecule has 2 aromatic carbocycles. The maximum absolute atomic E-state index is 11.5. The van der Waals surface area contributed by atoms with Crippen LogP contribution in [0.15, 0.2) is 89.9 Å². The van der Waals surface area contributed by atoms with E-state index in [4.69, 9.17) is 11.5 Å². The number of fused-ring (bicyclic) bond motifs is 1. The first-order chi connectivity index (χ1) is 16.3. The highest BCUT2D eigenvalue weighted by Gasteiger charge is 2.07. The van der Waals surface area contributed by atoms with Gasteiger partial charge >= 0.3 is 0 Å². The minimum Gasteiger partial charge on any atom is -0.366 e. The van der Waals surface area contributed by atoms with Crippen LogP contribution in [0.1, 0.15) is 42.5 Å². The van der Waals surface area contributed by atoms with Gasteiger partial charge in [0.1, 0.15) is 0 Å². The molecule has 174 valence electrons. The molecule has 5 rings (SSSR count). The molecule has 7 heteroatoms. The van der Waals surface area contributed by atoms with Crippen molar-refractivity contribution in [2.24, 2.45) is 11.5 Å². The summed E-state index contributed by atoms with van der Waals surface area (Å²) in [4.78, 5) is 34.6. The molecule has 2 amide bonds. The molecule has 0 spiro atoms. The Morgan fingerprint density at radius 1 is 0.794 bits per heavy atom. The van der Waals surface area contributed by atoms with E-state index in [2.05, 4.69) is 24.3 Å². The van der Waals surface area contributed by atoms with Gasteiger partial charge in [0, 0.05) is 28.4 Å². The summed E-state index contributed by atoms with van der Waals surface area (Å²) in [5.74, 6) is -0.819. The molecule has 0 saturated carbocycles. The van der Waals surface area contributed by atoms with Crippen LogP contribution in [0.2, 0.25) is 0 Å². The monoisotopic (exact) mass is 473 g/mol. The van der Waals surface area contributed by atoms with Gasteiger partial charge in [0.15, 0.2) is 0 Å². The number of hydrogen-bond donors (Lipinski definition) is 2. The number of rotatable bonds is 3. The normalized spacial score (nSPS) is 11.3. The van der Waals surface area contributed by atoms with E-state index in [0.717, 1.165) is 4.88 Å². The number of carbonyl (C=O) groups excluding carboxylic acids is 2. The van der Waals surface area contributed by atoms with Gasteiger partial charge in [-0.3, -0.25) is 19.0 Å². The smallest absolute Gasteiger partial charge is 0.258 e. The fraction of sp³-hybridized carbons (Fsp3) is 0.148. The van der Waals surface area contributed by atoms with E-state index < -0.39 is 5.91 Å². The average Bonchev–Trinajstić information content (AvgIpc) is 3.49. The highest BCUT2D eigenvalue weighted by molar-refractivity contribution is 7.13. The second-order valence-corrected chi connectivity index (χ2v) is 9.00. The number of carbonyl (C=O) groups is 2. The first-order valence-corrected chi connectivity index (χ1v) is 11.7. The minimum atomic E-state index is -0.480. The summed E-state index contributed by atoms with van der Waals surface area (Å²) in [6.07, 6.45) is 5.63. The van der Waals surface area contributed by atoms with Gasteiger partial charge in [-0.25, -0.2) is 0 Å². The summed E-state index contributed by atoms with van der Waals surface area (Å²) in [6, 6.07) is 23.8. The molecular formula is C27H27N3O3S. The van der Waals surface area contributed by atoms with Crippen LogP contribution in [0, 0.1) is 6.92 Å². The summed E-state index contributed by atoms with van der Waals surface area (Å²) < 4.78 is 1.49. The van der Waals surface area contributed by atoms with Crippen molar-refractivity contribution in [3.63, 3.8) is 0 Å². The first kappa shape index (κ1) is 24.7. The highest BCUT2D eigenvalue weighted by Crippen LogP contribution is 2.20. The molecule has 2 aromatic heterocycles. The van der Waals surface area contributed by atoms with Crippen molar-refractivity contribution in [1.82, 2.24) is 4.57 Å². The van der Waals surface area contributed by atoms with Crippen LogP contribution >= 0.6 is 11.3 Å². The number of nitrogens with two attached hydrogens (primary N) is 2. The zero-order valence-corrected chi connectivity index (χ0v) is 19.8. The van der Waals surface area contributed by atoms with Crippen LogP contribution in [0.5, 0.6) is 0 Å².